The molecule has 2 aromatic rings. The van der Waals surface area contributed by atoms with Crippen molar-refractivity contribution in [3.05, 3.63) is 65.0 Å². The second-order valence-electron chi connectivity index (χ2n) is 4.98. The zero-order valence-electron chi connectivity index (χ0n) is 12.3. The number of carbonyl (C=O) groups is 2. The monoisotopic (exact) mass is 312 g/mol. The number of hydrogen-bond acceptors (Lipinski definition) is 4. The summed E-state index contributed by atoms with van der Waals surface area (Å²) in [6, 6.07) is 10.3. The number of rotatable bonds is 3. The molecule has 0 spiro atoms. The number of ether oxygens (including phenoxy) is 2. The molecular formula is C18H13FO4. The van der Waals surface area contributed by atoms with Gasteiger partial charge in [0.2, 0.25) is 5.78 Å². The van der Waals surface area contributed by atoms with Gasteiger partial charge in [0.15, 0.2) is 23.9 Å². The predicted octanol–water partition coefficient (Wildman–Crippen LogP) is 3.06. The van der Waals surface area contributed by atoms with Crippen LogP contribution in [0.5, 0.6) is 11.5 Å². The molecule has 3 rings (SSSR count). The van der Waals surface area contributed by atoms with Gasteiger partial charge in [0.1, 0.15) is 5.82 Å². The average molecular weight is 312 g/mol. The van der Waals surface area contributed by atoms with Gasteiger partial charge in [0.05, 0.1) is 12.7 Å². The Morgan fingerprint density at radius 3 is 2.61 bits per heavy atom. The summed E-state index contributed by atoms with van der Waals surface area (Å²) in [6.07, 6.45) is 1.48. The van der Waals surface area contributed by atoms with E-state index in [2.05, 4.69) is 0 Å². The number of methoxy groups -OCH3 is 1. The lowest BCUT2D eigenvalue weighted by Crippen LogP contribution is -2.18. The summed E-state index contributed by atoms with van der Waals surface area (Å²) in [5.41, 5.74) is 0.835. The first-order chi connectivity index (χ1) is 11.1. The molecule has 23 heavy (non-hydrogen) atoms. The van der Waals surface area contributed by atoms with Crippen LogP contribution >= 0.6 is 0 Å². The Hall–Kier alpha value is -2.95. The number of halogens is 1. The Bertz CT molecular complexity index is 806. The first-order valence-electron chi connectivity index (χ1n) is 6.95. The Labute approximate surface area is 132 Å². The summed E-state index contributed by atoms with van der Waals surface area (Å²) < 4.78 is 23.7. The summed E-state index contributed by atoms with van der Waals surface area (Å²) in [5, 5.41) is 0. The first-order valence-corrected chi connectivity index (χ1v) is 6.95. The van der Waals surface area contributed by atoms with E-state index >= 15 is 0 Å². The average Bonchev–Trinajstić information content (AvgIpc) is 2.74. The summed E-state index contributed by atoms with van der Waals surface area (Å²) >= 11 is 0. The zero-order chi connectivity index (χ0) is 16.4. The van der Waals surface area contributed by atoms with E-state index in [0.717, 1.165) is 0 Å². The number of ketones is 2. The molecule has 0 amide bonds. The molecular weight excluding hydrogens is 299 g/mol. The second kappa shape index (κ2) is 6.04. The highest BCUT2D eigenvalue weighted by atomic mass is 19.1. The van der Waals surface area contributed by atoms with Crippen molar-refractivity contribution in [2.45, 2.75) is 0 Å². The molecule has 1 aliphatic heterocycles. The molecule has 0 aromatic heterocycles. The highest BCUT2D eigenvalue weighted by Crippen LogP contribution is 2.34. The number of fused-ring (bicyclic) bond motifs is 1. The van der Waals surface area contributed by atoms with Crippen molar-refractivity contribution in [3.8, 4) is 11.5 Å². The number of hydrogen-bond donors (Lipinski definition) is 0. The third-order valence-corrected chi connectivity index (χ3v) is 3.53. The lowest BCUT2D eigenvalue weighted by Gasteiger charge is -2.09. The maximum Gasteiger partial charge on any atom is 0.204 e. The van der Waals surface area contributed by atoms with E-state index in [1.54, 1.807) is 18.2 Å². The second-order valence-corrected chi connectivity index (χ2v) is 4.98. The van der Waals surface area contributed by atoms with Gasteiger partial charge in [-0.25, -0.2) is 4.39 Å². The van der Waals surface area contributed by atoms with Crippen molar-refractivity contribution in [2.75, 3.05) is 13.7 Å². The van der Waals surface area contributed by atoms with Crippen molar-refractivity contribution >= 4 is 17.6 Å². The van der Waals surface area contributed by atoms with E-state index in [4.69, 9.17) is 9.47 Å². The van der Waals surface area contributed by atoms with Crippen LogP contribution in [0.4, 0.5) is 4.39 Å². The van der Waals surface area contributed by atoms with Crippen LogP contribution in [0.15, 0.2) is 48.0 Å². The normalized spacial score (nSPS) is 13.5. The Morgan fingerprint density at radius 1 is 1.17 bits per heavy atom. The van der Waals surface area contributed by atoms with E-state index < -0.39 is 17.4 Å². The maximum absolute atomic E-state index is 13.0. The molecule has 0 fully saturated rings. The number of carbonyl (C=O) groups excluding carboxylic acids is 2. The van der Waals surface area contributed by atoms with E-state index in [1.807, 2.05) is 0 Å². The SMILES string of the molecule is COc1cccc2c1OCC(=O)C(C(=O)c1ccc(F)cc1)=C2. The summed E-state index contributed by atoms with van der Waals surface area (Å²) in [5.74, 6) is -0.430. The molecule has 1 aliphatic rings. The Balaban J connectivity index is 2.05. The molecule has 0 radical (unpaired) electrons. The fraction of sp³-hybridized carbons (Fsp3) is 0.111. The molecule has 4 nitrogen and oxygen atoms in total. The van der Waals surface area contributed by atoms with Gasteiger partial charge in [-0.3, -0.25) is 9.59 Å². The van der Waals surface area contributed by atoms with Gasteiger partial charge < -0.3 is 9.47 Å². The van der Waals surface area contributed by atoms with E-state index in [-0.39, 0.29) is 17.7 Å². The highest BCUT2D eigenvalue weighted by molar-refractivity contribution is 6.29. The van der Waals surface area contributed by atoms with Crippen LogP contribution in [-0.2, 0) is 4.79 Å². The van der Waals surface area contributed by atoms with Crippen molar-refractivity contribution in [1.82, 2.24) is 0 Å². The molecule has 1 heterocycles. The minimum atomic E-state index is -0.464. The quantitative estimate of drug-likeness (QED) is 0.645. The molecule has 2 aromatic carbocycles. The topological polar surface area (TPSA) is 52.6 Å². The molecule has 0 aliphatic carbocycles. The van der Waals surface area contributed by atoms with Crippen LogP contribution < -0.4 is 9.47 Å². The van der Waals surface area contributed by atoms with E-state index in [9.17, 15) is 14.0 Å². The number of Topliss-reactive ketones (excluding diaryl/α,β-unsaturated/α-hetero) is 2. The van der Waals surface area contributed by atoms with Gasteiger partial charge in [-0.1, -0.05) is 12.1 Å². The lowest BCUT2D eigenvalue weighted by atomic mass is 9.98. The van der Waals surface area contributed by atoms with Crippen LogP contribution in [0, 0.1) is 5.82 Å². The van der Waals surface area contributed by atoms with Crippen molar-refractivity contribution in [1.29, 1.82) is 0 Å². The molecule has 0 atom stereocenters. The first kappa shape index (κ1) is 15.0. The maximum atomic E-state index is 13.0. The number of para-hydroxylation sites is 1. The molecule has 0 N–H and O–H groups in total. The van der Waals surface area contributed by atoms with Crippen LogP contribution in [0.2, 0.25) is 0 Å². The summed E-state index contributed by atoms with van der Waals surface area (Å²) in [7, 11) is 1.50. The third kappa shape index (κ3) is 2.85. The van der Waals surface area contributed by atoms with E-state index in [0.29, 0.717) is 17.1 Å². The van der Waals surface area contributed by atoms with Gasteiger partial charge in [0.25, 0.3) is 0 Å². The van der Waals surface area contributed by atoms with Gasteiger partial charge >= 0.3 is 0 Å². The third-order valence-electron chi connectivity index (χ3n) is 3.53. The fourth-order valence-electron chi connectivity index (χ4n) is 2.36. The summed E-state index contributed by atoms with van der Waals surface area (Å²) in [6.45, 7) is -0.258. The zero-order valence-corrected chi connectivity index (χ0v) is 12.3. The molecule has 5 heteroatoms. The fourth-order valence-corrected chi connectivity index (χ4v) is 2.36. The summed E-state index contributed by atoms with van der Waals surface area (Å²) in [4.78, 5) is 24.8. The molecule has 0 saturated heterocycles. The van der Waals surface area contributed by atoms with Crippen molar-refractivity contribution in [3.63, 3.8) is 0 Å². The van der Waals surface area contributed by atoms with Crippen LogP contribution in [0.1, 0.15) is 15.9 Å². The van der Waals surface area contributed by atoms with Crippen LogP contribution in [0.25, 0.3) is 6.08 Å². The van der Waals surface area contributed by atoms with Gasteiger partial charge in [0, 0.05) is 11.1 Å². The Kier molecular flexibility index (Phi) is 3.93. The predicted molar refractivity (Wildman–Crippen MR) is 82.2 cm³/mol. The Morgan fingerprint density at radius 2 is 1.91 bits per heavy atom. The molecule has 0 bridgehead atoms. The van der Waals surface area contributed by atoms with E-state index in [1.165, 1.54) is 37.5 Å². The lowest BCUT2D eigenvalue weighted by molar-refractivity contribution is -0.117. The molecule has 116 valence electrons. The molecule has 0 unspecified atom stereocenters. The van der Waals surface area contributed by atoms with Crippen molar-refractivity contribution in [2.24, 2.45) is 0 Å². The minimum absolute atomic E-state index is 0.00334. The van der Waals surface area contributed by atoms with Gasteiger partial charge in [-0.15, -0.1) is 0 Å². The van der Waals surface area contributed by atoms with Gasteiger partial charge in [-0.05, 0) is 36.4 Å². The smallest absolute Gasteiger partial charge is 0.204 e. The van der Waals surface area contributed by atoms with Crippen LogP contribution in [0.3, 0.4) is 0 Å². The largest absolute Gasteiger partial charge is 0.493 e. The van der Waals surface area contributed by atoms with Gasteiger partial charge in [-0.2, -0.15) is 0 Å². The van der Waals surface area contributed by atoms with Crippen molar-refractivity contribution < 1.29 is 23.5 Å². The standard InChI is InChI=1S/C18H13FO4/c1-22-16-4-2-3-12-9-14(15(20)10-23-18(12)16)17(21)11-5-7-13(19)8-6-11/h2-9H,10H2,1H3. The minimum Gasteiger partial charge on any atom is -0.493 e. The van der Waals surface area contributed by atoms with Crippen LogP contribution in [-0.4, -0.2) is 25.3 Å². The highest BCUT2D eigenvalue weighted by Gasteiger charge is 2.25. The molecule has 0 saturated carbocycles. The number of benzene rings is 2.